The summed E-state index contributed by atoms with van der Waals surface area (Å²) in [4.78, 5) is 39.3. The van der Waals surface area contributed by atoms with Gasteiger partial charge in [-0.25, -0.2) is 4.79 Å². The molecule has 1 aromatic carbocycles. The van der Waals surface area contributed by atoms with Crippen LogP contribution in [0.25, 0.3) is 10.4 Å². The molecule has 1 N–H and O–H groups in total. The van der Waals surface area contributed by atoms with Crippen molar-refractivity contribution >= 4 is 17.9 Å². The lowest BCUT2D eigenvalue weighted by atomic mass is 10.2. The smallest absolute Gasteiger partial charge is 0.409 e. The molecular formula is C15H17N5O4. The minimum absolute atomic E-state index is 0.0389. The number of nitrogens with zero attached hydrogens (tertiary/aromatic N) is 4. The van der Waals surface area contributed by atoms with E-state index in [1.807, 2.05) is 18.2 Å². The van der Waals surface area contributed by atoms with Crippen molar-refractivity contribution in [3.05, 3.63) is 46.3 Å². The summed E-state index contributed by atoms with van der Waals surface area (Å²) in [5.74, 6) is -0.846. The molecule has 0 radical (unpaired) electrons. The van der Waals surface area contributed by atoms with Gasteiger partial charge in [-0.05, 0) is 11.1 Å². The highest BCUT2D eigenvalue weighted by Gasteiger charge is 2.38. The van der Waals surface area contributed by atoms with E-state index >= 15 is 0 Å². The number of rotatable bonds is 6. The SMILES string of the molecule is C[C@@H](N=[N+]=[N-])[C@H](NC(=O)OCc1ccccc1)N1C(=O)CCC1=O. The average Bonchev–Trinajstić information content (AvgIpc) is 2.90. The first-order valence-corrected chi connectivity index (χ1v) is 7.39. The molecule has 2 atom stereocenters. The van der Waals surface area contributed by atoms with Gasteiger partial charge in [-0.3, -0.25) is 14.5 Å². The van der Waals surface area contributed by atoms with Crippen LogP contribution in [0.5, 0.6) is 0 Å². The molecule has 3 amide bonds. The highest BCUT2D eigenvalue weighted by Crippen LogP contribution is 2.18. The summed E-state index contributed by atoms with van der Waals surface area (Å²) in [5, 5.41) is 5.91. The molecule has 0 bridgehead atoms. The second-order valence-corrected chi connectivity index (χ2v) is 5.25. The maximum Gasteiger partial charge on any atom is 0.409 e. The monoisotopic (exact) mass is 331 g/mol. The molecule has 1 aliphatic rings. The number of likely N-dealkylation sites (tertiary alicyclic amines) is 1. The lowest BCUT2D eigenvalue weighted by molar-refractivity contribution is -0.142. The summed E-state index contributed by atoms with van der Waals surface area (Å²) in [6.45, 7) is 1.54. The molecule has 1 saturated heterocycles. The van der Waals surface area contributed by atoms with Crippen molar-refractivity contribution in [1.82, 2.24) is 10.2 Å². The van der Waals surface area contributed by atoms with Crippen molar-refractivity contribution in [2.24, 2.45) is 5.11 Å². The van der Waals surface area contributed by atoms with Crippen molar-refractivity contribution in [2.75, 3.05) is 0 Å². The van der Waals surface area contributed by atoms with Crippen LogP contribution in [-0.2, 0) is 20.9 Å². The van der Waals surface area contributed by atoms with E-state index in [0.717, 1.165) is 10.5 Å². The Balaban J connectivity index is 2.04. The van der Waals surface area contributed by atoms with Crippen LogP contribution in [0.2, 0.25) is 0 Å². The van der Waals surface area contributed by atoms with Crippen molar-refractivity contribution < 1.29 is 19.1 Å². The van der Waals surface area contributed by atoms with Crippen LogP contribution < -0.4 is 5.32 Å². The van der Waals surface area contributed by atoms with Crippen LogP contribution >= 0.6 is 0 Å². The summed E-state index contributed by atoms with van der Waals surface area (Å²) in [5.41, 5.74) is 9.36. The number of ether oxygens (including phenoxy) is 1. The normalized spacial score (nSPS) is 16.3. The molecule has 0 spiro atoms. The third kappa shape index (κ3) is 4.23. The topological polar surface area (TPSA) is 124 Å². The van der Waals surface area contributed by atoms with Gasteiger partial charge in [-0.1, -0.05) is 42.4 Å². The predicted molar refractivity (Wildman–Crippen MR) is 83.2 cm³/mol. The van der Waals surface area contributed by atoms with Gasteiger partial charge in [0.2, 0.25) is 11.8 Å². The van der Waals surface area contributed by atoms with E-state index in [-0.39, 0.29) is 19.4 Å². The van der Waals surface area contributed by atoms with Crippen LogP contribution in [0.15, 0.2) is 35.4 Å². The summed E-state index contributed by atoms with van der Waals surface area (Å²) in [6.07, 6.45) is -1.75. The lowest BCUT2D eigenvalue weighted by Gasteiger charge is -2.29. The third-order valence-electron chi connectivity index (χ3n) is 3.54. The Bertz CT molecular complexity index is 656. The molecule has 9 heteroatoms. The summed E-state index contributed by atoms with van der Waals surface area (Å²) in [7, 11) is 0. The number of amides is 3. The van der Waals surface area contributed by atoms with Crippen LogP contribution in [0.3, 0.4) is 0 Å². The first-order chi connectivity index (χ1) is 11.5. The van der Waals surface area contributed by atoms with E-state index in [0.29, 0.717) is 0 Å². The number of alkyl carbamates (subject to hydrolysis) is 1. The number of nitrogens with one attached hydrogen (secondary N) is 1. The summed E-state index contributed by atoms with van der Waals surface area (Å²) < 4.78 is 5.08. The van der Waals surface area contributed by atoms with Crippen molar-refractivity contribution in [2.45, 2.75) is 38.6 Å². The fourth-order valence-electron chi connectivity index (χ4n) is 2.34. The van der Waals surface area contributed by atoms with Crippen LogP contribution in [0.1, 0.15) is 25.3 Å². The molecule has 1 aromatic rings. The van der Waals surface area contributed by atoms with E-state index in [1.54, 1.807) is 12.1 Å². The Labute approximate surface area is 138 Å². The number of carbonyl (C=O) groups is 3. The number of benzene rings is 1. The second-order valence-electron chi connectivity index (χ2n) is 5.25. The zero-order valence-electron chi connectivity index (χ0n) is 13.1. The number of azide groups is 1. The van der Waals surface area contributed by atoms with Crippen molar-refractivity contribution in [3.8, 4) is 0 Å². The third-order valence-corrected chi connectivity index (χ3v) is 3.54. The number of imide groups is 1. The molecule has 1 heterocycles. The minimum atomic E-state index is -1.08. The van der Waals surface area contributed by atoms with Gasteiger partial charge in [0.05, 0.1) is 6.04 Å². The highest BCUT2D eigenvalue weighted by atomic mass is 16.5. The van der Waals surface area contributed by atoms with E-state index in [1.165, 1.54) is 6.92 Å². The maximum atomic E-state index is 12.0. The molecule has 1 fully saturated rings. The first-order valence-electron chi connectivity index (χ1n) is 7.39. The highest BCUT2D eigenvalue weighted by molar-refractivity contribution is 6.02. The maximum absolute atomic E-state index is 12.0. The fourth-order valence-corrected chi connectivity index (χ4v) is 2.34. The quantitative estimate of drug-likeness (QED) is 0.371. The van der Waals surface area contributed by atoms with E-state index in [4.69, 9.17) is 10.3 Å². The molecular weight excluding hydrogens is 314 g/mol. The number of hydrogen-bond acceptors (Lipinski definition) is 5. The van der Waals surface area contributed by atoms with Gasteiger partial charge in [0, 0.05) is 17.8 Å². The van der Waals surface area contributed by atoms with Crippen molar-refractivity contribution in [3.63, 3.8) is 0 Å². The summed E-state index contributed by atoms with van der Waals surface area (Å²) >= 11 is 0. The van der Waals surface area contributed by atoms with Gasteiger partial charge >= 0.3 is 6.09 Å². The average molecular weight is 331 g/mol. The predicted octanol–water partition coefficient (Wildman–Crippen LogP) is 2.09. The summed E-state index contributed by atoms with van der Waals surface area (Å²) in [6, 6.07) is 8.22. The van der Waals surface area contributed by atoms with Gasteiger partial charge in [0.25, 0.3) is 0 Å². The Morgan fingerprint density at radius 2 is 1.96 bits per heavy atom. The number of hydrogen-bond donors (Lipinski definition) is 1. The second kappa shape index (κ2) is 7.98. The molecule has 0 unspecified atom stereocenters. The van der Waals surface area contributed by atoms with E-state index in [9.17, 15) is 14.4 Å². The zero-order valence-corrected chi connectivity index (χ0v) is 13.1. The molecule has 1 aliphatic heterocycles. The largest absolute Gasteiger partial charge is 0.445 e. The van der Waals surface area contributed by atoms with Gasteiger partial charge < -0.3 is 10.1 Å². The molecule has 24 heavy (non-hydrogen) atoms. The van der Waals surface area contributed by atoms with Gasteiger partial charge in [0.1, 0.15) is 12.8 Å². The molecule has 126 valence electrons. The molecule has 2 rings (SSSR count). The Kier molecular flexibility index (Phi) is 5.75. The van der Waals surface area contributed by atoms with Gasteiger partial charge in [0.15, 0.2) is 0 Å². The standard InChI is InChI=1S/C15H17N5O4/c1-10(18-19-16)14(20-12(21)7-8-13(20)22)17-15(23)24-9-11-5-3-2-4-6-11/h2-6,10,14H,7-9H2,1H3,(H,17,23)/t10-,14-/m1/s1. The zero-order chi connectivity index (χ0) is 17.5. The number of carbonyl (C=O) groups excluding carboxylic acids is 3. The van der Waals surface area contributed by atoms with Gasteiger partial charge in [-0.2, -0.15) is 0 Å². The van der Waals surface area contributed by atoms with E-state index in [2.05, 4.69) is 15.3 Å². The Morgan fingerprint density at radius 1 is 1.33 bits per heavy atom. The first kappa shape index (κ1) is 17.3. The van der Waals surface area contributed by atoms with Crippen LogP contribution in [-0.4, -0.2) is 35.0 Å². The molecule has 9 nitrogen and oxygen atoms in total. The lowest BCUT2D eigenvalue weighted by Crippen LogP contribution is -2.55. The Hall–Kier alpha value is -3.06. The molecule has 0 aliphatic carbocycles. The van der Waals surface area contributed by atoms with Crippen LogP contribution in [0, 0.1) is 0 Å². The van der Waals surface area contributed by atoms with Crippen molar-refractivity contribution in [1.29, 1.82) is 0 Å². The van der Waals surface area contributed by atoms with Gasteiger partial charge in [-0.15, -0.1) is 0 Å². The fraction of sp³-hybridized carbons (Fsp3) is 0.400. The van der Waals surface area contributed by atoms with E-state index < -0.39 is 30.1 Å². The minimum Gasteiger partial charge on any atom is -0.445 e. The Morgan fingerprint density at radius 3 is 2.54 bits per heavy atom. The van der Waals surface area contributed by atoms with Crippen LogP contribution in [0.4, 0.5) is 4.79 Å². The molecule has 0 saturated carbocycles. The molecule has 0 aromatic heterocycles.